The van der Waals surface area contributed by atoms with Gasteiger partial charge in [0.25, 0.3) is 0 Å². The molecule has 0 radical (unpaired) electrons. The summed E-state index contributed by atoms with van der Waals surface area (Å²) in [6, 6.07) is 5.62. The Kier molecular flexibility index (Phi) is 4.92. The van der Waals surface area contributed by atoms with Crippen LogP contribution < -0.4 is 0 Å². The van der Waals surface area contributed by atoms with Gasteiger partial charge in [-0.15, -0.1) is 0 Å². The van der Waals surface area contributed by atoms with Gasteiger partial charge in [0, 0.05) is 0 Å². The minimum Gasteiger partial charge on any atom is -0.487 e. The molecular formula is C11H13Cl2NO. The molecular weight excluding hydrogens is 233 g/mol. The van der Waals surface area contributed by atoms with Gasteiger partial charge in [0.1, 0.15) is 0 Å². The number of hydrogen-bond acceptors (Lipinski definition) is 2. The van der Waals surface area contributed by atoms with Crippen molar-refractivity contribution in [3.63, 3.8) is 0 Å². The monoisotopic (exact) mass is 245 g/mol. The summed E-state index contributed by atoms with van der Waals surface area (Å²) in [6.45, 7) is 2.06. The molecule has 1 aromatic carbocycles. The van der Waals surface area contributed by atoms with E-state index < -0.39 is 0 Å². The van der Waals surface area contributed by atoms with Gasteiger partial charge in [-0.2, -0.15) is 0 Å². The molecule has 0 saturated carbocycles. The van der Waals surface area contributed by atoms with Crippen LogP contribution in [0.25, 0.3) is 0 Å². The molecule has 1 aromatic rings. The van der Waals surface area contributed by atoms with E-state index in [0.29, 0.717) is 10.0 Å². The van der Waals surface area contributed by atoms with Crippen molar-refractivity contribution in [2.24, 2.45) is 4.99 Å². The summed E-state index contributed by atoms with van der Waals surface area (Å²) in [7, 11) is 1.57. The highest BCUT2D eigenvalue weighted by molar-refractivity contribution is 6.42. The van der Waals surface area contributed by atoms with E-state index in [0.717, 1.165) is 12.0 Å². The van der Waals surface area contributed by atoms with E-state index in [1.807, 2.05) is 12.1 Å². The molecule has 82 valence electrons. The average Bonchev–Trinajstić information content (AvgIpc) is 2.24. The zero-order chi connectivity index (χ0) is 11.3. The maximum Gasteiger partial charge on any atom is 0.169 e. The topological polar surface area (TPSA) is 21.6 Å². The molecule has 0 N–H and O–H groups in total. The standard InChI is InChI=1S/C11H13Cl2NO/c1-3-11(14-7-15-2)8-4-5-9(12)10(13)6-8/h4-7,11H,3H2,1-2H3. The van der Waals surface area contributed by atoms with Crippen molar-refractivity contribution >= 4 is 29.6 Å². The number of aliphatic imine (C=N–C) groups is 1. The first-order chi connectivity index (χ1) is 7.19. The second-order valence-electron chi connectivity index (χ2n) is 3.09. The molecule has 0 bridgehead atoms. The molecule has 0 saturated heterocycles. The lowest BCUT2D eigenvalue weighted by Crippen LogP contribution is -1.95. The highest BCUT2D eigenvalue weighted by Gasteiger charge is 2.08. The summed E-state index contributed by atoms with van der Waals surface area (Å²) in [5.41, 5.74) is 1.04. The summed E-state index contributed by atoms with van der Waals surface area (Å²) >= 11 is 11.8. The van der Waals surface area contributed by atoms with Crippen LogP contribution in [0.4, 0.5) is 0 Å². The quantitative estimate of drug-likeness (QED) is 0.578. The van der Waals surface area contributed by atoms with Crippen molar-refractivity contribution in [3.05, 3.63) is 33.8 Å². The van der Waals surface area contributed by atoms with Crippen LogP contribution in [0.1, 0.15) is 24.9 Å². The van der Waals surface area contributed by atoms with Crippen molar-refractivity contribution < 1.29 is 4.74 Å². The Morgan fingerprint density at radius 1 is 1.40 bits per heavy atom. The van der Waals surface area contributed by atoms with Crippen molar-refractivity contribution in [1.82, 2.24) is 0 Å². The van der Waals surface area contributed by atoms with Crippen molar-refractivity contribution in [1.29, 1.82) is 0 Å². The van der Waals surface area contributed by atoms with Crippen LogP contribution in [-0.2, 0) is 4.74 Å². The van der Waals surface area contributed by atoms with E-state index in [9.17, 15) is 0 Å². The predicted octanol–water partition coefficient (Wildman–Crippen LogP) is 4.12. The molecule has 0 aliphatic carbocycles. The molecule has 0 aromatic heterocycles. The van der Waals surface area contributed by atoms with Gasteiger partial charge in [0.2, 0.25) is 0 Å². The molecule has 0 aliphatic rings. The van der Waals surface area contributed by atoms with E-state index in [1.165, 1.54) is 6.40 Å². The first-order valence-electron chi connectivity index (χ1n) is 4.68. The molecule has 0 spiro atoms. The zero-order valence-electron chi connectivity index (χ0n) is 8.71. The van der Waals surface area contributed by atoms with Crippen LogP contribution >= 0.6 is 23.2 Å². The number of hydrogen-bond donors (Lipinski definition) is 0. The first-order valence-corrected chi connectivity index (χ1v) is 5.44. The van der Waals surface area contributed by atoms with Crippen LogP contribution in [0, 0.1) is 0 Å². The molecule has 15 heavy (non-hydrogen) atoms. The van der Waals surface area contributed by atoms with E-state index in [2.05, 4.69) is 11.9 Å². The van der Waals surface area contributed by atoms with Crippen LogP contribution in [0.15, 0.2) is 23.2 Å². The molecule has 1 rings (SSSR count). The summed E-state index contributed by atoms with van der Waals surface area (Å²) in [4.78, 5) is 4.25. The summed E-state index contributed by atoms with van der Waals surface area (Å²) in [5.74, 6) is 0. The fourth-order valence-corrected chi connectivity index (χ4v) is 1.59. The van der Waals surface area contributed by atoms with Gasteiger partial charge in [-0.25, -0.2) is 0 Å². The zero-order valence-corrected chi connectivity index (χ0v) is 10.2. The minimum atomic E-state index is 0.0692. The normalized spacial score (nSPS) is 13.1. The van der Waals surface area contributed by atoms with E-state index in [-0.39, 0.29) is 6.04 Å². The van der Waals surface area contributed by atoms with Crippen LogP contribution in [0.3, 0.4) is 0 Å². The molecule has 4 heteroatoms. The van der Waals surface area contributed by atoms with Gasteiger partial charge >= 0.3 is 0 Å². The average molecular weight is 246 g/mol. The number of ether oxygens (including phenoxy) is 1. The lowest BCUT2D eigenvalue weighted by Gasteiger charge is -2.10. The number of nitrogens with zero attached hydrogens (tertiary/aromatic N) is 1. The summed E-state index contributed by atoms with van der Waals surface area (Å²) in [6.07, 6.45) is 2.33. The van der Waals surface area contributed by atoms with Gasteiger partial charge in [-0.05, 0) is 24.1 Å². The minimum absolute atomic E-state index is 0.0692. The lowest BCUT2D eigenvalue weighted by atomic mass is 10.1. The predicted molar refractivity (Wildman–Crippen MR) is 65.0 cm³/mol. The van der Waals surface area contributed by atoms with Gasteiger partial charge in [-0.3, -0.25) is 4.99 Å². The summed E-state index contributed by atoms with van der Waals surface area (Å²) in [5, 5.41) is 1.12. The Labute approximate surface area is 99.9 Å². The Morgan fingerprint density at radius 3 is 2.67 bits per heavy atom. The Balaban J connectivity index is 2.92. The van der Waals surface area contributed by atoms with Gasteiger partial charge < -0.3 is 4.74 Å². The van der Waals surface area contributed by atoms with Gasteiger partial charge in [0.15, 0.2) is 6.40 Å². The van der Waals surface area contributed by atoms with Gasteiger partial charge in [0.05, 0.1) is 23.2 Å². The maximum atomic E-state index is 5.93. The van der Waals surface area contributed by atoms with Crippen molar-refractivity contribution in [3.8, 4) is 0 Å². The molecule has 0 heterocycles. The SMILES string of the molecule is CCC(N=COC)c1ccc(Cl)c(Cl)c1. The molecule has 1 unspecified atom stereocenters. The third kappa shape index (κ3) is 3.40. The highest BCUT2D eigenvalue weighted by Crippen LogP contribution is 2.28. The Hall–Kier alpha value is -0.730. The smallest absolute Gasteiger partial charge is 0.169 e. The fraction of sp³-hybridized carbons (Fsp3) is 0.364. The fourth-order valence-electron chi connectivity index (χ4n) is 1.28. The van der Waals surface area contributed by atoms with Crippen molar-refractivity contribution in [2.45, 2.75) is 19.4 Å². The molecule has 0 fully saturated rings. The van der Waals surface area contributed by atoms with Crippen LogP contribution in [0.2, 0.25) is 10.0 Å². The third-order valence-electron chi connectivity index (χ3n) is 2.06. The molecule has 1 atom stereocenters. The molecule has 0 amide bonds. The van der Waals surface area contributed by atoms with E-state index in [1.54, 1.807) is 13.2 Å². The van der Waals surface area contributed by atoms with Gasteiger partial charge in [-0.1, -0.05) is 36.2 Å². The summed E-state index contributed by atoms with van der Waals surface area (Å²) < 4.78 is 4.80. The number of halogens is 2. The second kappa shape index (κ2) is 5.99. The second-order valence-corrected chi connectivity index (χ2v) is 3.90. The molecule has 2 nitrogen and oxygen atoms in total. The van der Waals surface area contributed by atoms with E-state index >= 15 is 0 Å². The van der Waals surface area contributed by atoms with Crippen LogP contribution in [0.5, 0.6) is 0 Å². The Bertz CT molecular complexity index is 352. The first kappa shape index (κ1) is 12.3. The van der Waals surface area contributed by atoms with Crippen LogP contribution in [-0.4, -0.2) is 13.5 Å². The maximum absolute atomic E-state index is 5.93. The Morgan fingerprint density at radius 2 is 2.13 bits per heavy atom. The van der Waals surface area contributed by atoms with Crippen molar-refractivity contribution in [2.75, 3.05) is 7.11 Å². The number of rotatable bonds is 4. The lowest BCUT2D eigenvalue weighted by molar-refractivity contribution is 0.417. The number of benzene rings is 1. The number of methoxy groups -OCH3 is 1. The highest BCUT2D eigenvalue weighted by atomic mass is 35.5. The third-order valence-corrected chi connectivity index (χ3v) is 2.80. The van der Waals surface area contributed by atoms with E-state index in [4.69, 9.17) is 27.9 Å². The largest absolute Gasteiger partial charge is 0.487 e. The molecule has 0 aliphatic heterocycles.